The average molecular weight is 404 g/mol. The number of anilines is 2. The van der Waals surface area contributed by atoms with E-state index in [-0.39, 0.29) is 17.1 Å². The number of hydrogen-bond acceptors (Lipinski definition) is 4. The Balaban J connectivity index is 1.54. The van der Waals surface area contributed by atoms with Crippen LogP contribution in [0.1, 0.15) is 22.8 Å². The van der Waals surface area contributed by atoms with Gasteiger partial charge in [-0.3, -0.25) is 9.59 Å². The molecule has 1 aliphatic rings. The number of fused-ring (bicyclic) bond motifs is 1. The smallest absolute Gasteiger partial charge is 0.255 e. The average Bonchev–Trinajstić information content (AvgIpc) is 2.71. The van der Waals surface area contributed by atoms with E-state index in [0.717, 1.165) is 10.5 Å². The fraction of sp³-hybridized carbons (Fsp3) is 0.130. The highest BCUT2D eigenvalue weighted by atomic mass is 32.2. The minimum atomic E-state index is -0.273. The van der Waals surface area contributed by atoms with Crippen LogP contribution in [0.5, 0.6) is 11.5 Å². The summed E-state index contributed by atoms with van der Waals surface area (Å²) >= 11 is 1.49. The highest BCUT2D eigenvalue weighted by Gasteiger charge is 2.24. The molecule has 0 aliphatic carbocycles. The second-order valence-corrected chi connectivity index (χ2v) is 8.21. The molecule has 2 amide bonds. The molecule has 0 unspecified atom stereocenters. The fourth-order valence-corrected chi connectivity index (χ4v) is 3.87. The molecule has 0 spiro atoms. The number of carbonyl (C=O) groups excluding carboxylic acids is 2. The zero-order valence-electron chi connectivity index (χ0n) is 16.1. The highest BCUT2D eigenvalue weighted by Crippen LogP contribution is 2.36. The molecule has 0 bridgehead atoms. The highest BCUT2D eigenvalue weighted by molar-refractivity contribution is 8.00. The zero-order valence-corrected chi connectivity index (χ0v) is 16.9. The van der Waals surface area contributed by atoms with Crippen molar-refractivity contribution < 1.29 is 14.3 Å². The summed E-state index contributed by atoms with van der Waals surface area (Å²) in [6.45, 7) is 3.87. The molecule has 0 aromatic heterocycles. The second kappa shape index (κ2) is 8.01. The number of nitrogens with one attached hydrogen (secondary N) is 2. The lowest BCUT2D eigenvalue weighted by atomic mass is 10.1. The molecule has 1 aliphatic heterocycles. The van der Waals surface area contributed by atoms with Gasteiger partial charge in [0.25, 0.3) is 5.91 Å². The van der Waals surface area contributed by atoms with Gasteiger partial charge in [0.1, 0.15) is 5.75 Å². The zero-order chi connectivity index (χ0) is 20.4. The lowest BCUT2D eigenvalue weighted by Crippen LogP contribution is -2.26. The molecule has 0 fully saturated rings. The number of thioether (sulfide) groups is 1. The monoisotopic (exact) mass is 404 g/mol. The molecule has 3 aromatic carbocycles. The number of aryl methyl sites for hydroxylation is 1. The Morgan fingerprint density at radius 3 is 2.62 bits per heavy atom. The standard InChI is InChI=1S/C23H20N2O3S/c1-14-7-10-17(11-8-14)28-20-6-4-3-5-18(20)24-23(27)16-9-12-21-19(13-16)25-22(26)15(2)29-21/h3-13,15H,1-2H3,(H,24,27)(H,25,26)/t15-/m1/s1. The van der Waals surface area contributed by atoms with Gasteiger partial charge in [-0.2, -0.15) is 0 Å². The Morgan fingerprint density at radius 2 is 1.83 bits per heavy atom. The van der Waals surface area contributed by atoms with Crippen molar-refractivity contribution in [3.05, 3.63) is 77.9 Å². The normalized spacial score (nSPS) is 15.2. The van der Waals surface area contributed by atoms with Crippen LogP contribution in [0, 0.1) is 6.92 Å². The van der Waals surface area contributed by atoms with Gasteiger partial charge < -0.3 is 15.4 Å². The van der Waals surface area contributed by atoms with Crippen LogP contribution in [0.2, 0.25) is 0 Å². The van der Waals surface area contributed by atoms with Crippen molar-refractivity contribution in [2.45, 2.75) is 24.0 Å². The molecule has 2 N–H and O–H groups in total. The van der Waals surface area contributed by atoms with Crippen LogP contribution < -0.4 is 15.4 Å². The summed E-state index contributed by atoms with van der Waals surface area (Å²) in [6.07, 6.45) is 0. The summed E-state index contributed by atoms with van der Waals surface area (Å²) in [5, 5.41) is 5.61. The van der Waals surface area contributed by atoms with Crippen molar-refractivity contribution in [3.8, 4) is 11.5 Å². The summed E-state index contributed by atoms with van der Waals surface area (Å²) in [7, 11) is 0. The first-order valence-corrected chi connectivity index (χ1v) is 10.1. The second-order valence-electron chi connectivity index (χ2n) is 6.83. The van der Waals surface area contributed by atoms with Crippen molar-refractivity contribution in [1.29, 1.82) is 0 Å². The van der Waals surface area contributed by atoms with Gasteiger partial charge in [-0.1, -0.05) is 29.8 Å². The van der Waals surface area contributed by atoms with Crippen LogP contribution in [0.15, 0.2) is 71.6 Å². The maximum Gasteiger partial charge on any atom is 0.255 e. The topological polar surface area (TPSA) is 67.4 Å². The van der Waals surface area contributed by atoms with Crippen LogP contribution >= 0.6 is 11.8 Å². The number of ether oxygens (including phenoxy) is 1. The third-order valence-electron chi connectivity index (χ3n) is 4.56. The molecule has 1 atom stereocenters. The molecular formula is C23H20N2O3S. The first-order valence-electron chi connectivity index (χ1n) is 9.26. The summed E-state index contributed by atoms with van der Waals surface area (Å²) in [6, 6.07) is 20.3. The first kappa shape index (κ1) is 19.1. The maximum atomic E-state index is 12.8. The van der Waals surface area contributed by atoms with E-state index in [1.807, 2.05) is 56.3 Å². The molecule has 146 valence electrons. The van der Waals surface area contributed by atoms with E-state index in [9.17, 15) is 9.59 Å². The van der Waals surface area contributed by atoms with Gasteiger partial charge in [0.05, 0.1) is 16.6 Å². The largest absolute Gasteiger partial charge is 0.455 e. The lowest BCUT2D eigenvalue weighted by Gasteiger charge is -2.21. The number of hydrogen-bond donors (Lipinski definition) is 2. The molecule has 0 radical (unpaired) electrons. The van der Waals surface area contributed by atoms with Crippen LogP contribution in [0.4, 0.5) is 11.4 Å². The van der Waals surface area contributed by atoms with Crippen LogP contribution in [-0.4, -0.2) is 17.1 Å². The summed E-state index contributed by atoms with van der Waals surface area (Å²) in [4.78, 5) is 25.7. The van der Waals surface area contributed by atoms with Crippen LogP contribution in [-0.2, 0) is 4.79 Å². The quantitative estimate of drug-likeness (QED) is 0.605. The molecule has 29 heavy (non-hydrogen) atoms. The first-order chi connectivity index (χ1) is 14.0. The predicted molar refractivity (Wildman–Crippen MR) is 116 cm³/mol. The third kappa shape index (κ3) is 4.27. The van der Waals surface area contributed by atoms with Gasteiger partial charge in [-0.15, -0.1) is 11.8 Å². The minimum absolute atomic E-state index is 0.0584. The molecule has 0 saturated carbocycles. The molecule has 6 heteroatoms. The van der Waals surface area contributed by atoms with Gasteiger partial charge in [0.2, 0.25) is 5.91 Å². The van der Waals surface area contributed by atoms with Crippen molar-refractivity contribution in [3.63, 3.8) is 0 Å². The number of para-hydroxylation sites is 2. The van der Waals surface area contributed by atoms with E-state index in [1.54, 1.807) is 24.3 Å². The molecule has 4 rings (SSSR count). The van der Waals surface area contributed by atoms with Gasteiger partial charge in [-0.05, 0) is 56.3 Å². The van der Waals surface area contributed by atoms with Gasteiger partial charge in [0, 0.05) is 10.5 Å². The Kier molecular flexibility index (Phi) is 5.27. The molecule has 0 saturated heterocycles. The minimum Gasteiger partial charge on any atom is -0.455 e. The number of amides is 2. The van der Waals surface area contributed by atoms with Crippen molar-refractivity contribution in [2.24, 2.45) is 0 Å². The maximum absolute atomic E-state index is 12.8. The summed E-state index contributed by atoms with van der Waals surface area (Å²) in [5.74, 6) is 0.919. The van der Waals surface area contributed by atoms with Gasteiger partial charge >= 0.3 is 0 Å². The predicted octanol–water partition coefficient (Wildman–Crippen LogP) is 5.47. The van der Waals surface area contributed by atoms with Gasteiger partial charge in [-0.25, -0.2) is 0 Å². The van der Waals surface area contributed by atoms with Gasteiger partial charge in [0.15, 0.2) is 5.75 Å². The molecular weight excluding hydrogens is 384 g/mol. The van der Waals surface area contributed by atoms with Crippen molar-refractivity contribution in [1.82, 2.24) is 0 Å². The Hall–Kier alpha value is -3.25. The summed E-state index contributed by atoms with van der Waals surface area (Å²) in [5.41, 5.74) is 2.84. The number of rotatable bonds is 4. The van der Waals surface area contributed by atoms with E-state index >= 15 is 0 Å². The molecule has 3 aromatic rings. The van der Waals surface area contributed by atoms with E-state index < -0.39 is 0 Å². The van der Waals surface area contributed by atoms with E-state index in [0.29, 0.717) is 28.4 Å². The number of carbonyl (C=O) groups is 2. The SMILES string of the molecule is Cc1ccc(Oc2ccccc2NC(=O)c2ccc3c(c2)NC(=O)[C@@H](C)S3)cc1. The Bertz CT molecular complexity index is 1080. The molecule has 1 heterocycles. The Labute approximate surface area is 173 Å². The van der Waals surface area contributed by atoms with E-state index in [1.165, 1.54) is 11.8 Å². The molecule has 5 nitrogen and oxygen atoms in total. The number of benzene rings is 3. The Morgan fingerprint density at radius 1 is 1.07 bits per heavy atom. The lowest BCUT2D eigenvalue weighted by molar-refractivity contribution is -0.115. The van der Waals surface area contributed by atoms with Crippen LogP contribution in [0.3, 0.4) is 0 Å². The summed E-state index contributed by atoms with van der Waals surface area (Å²) < 4.78 is 5.94. The fourth-order valence-electron chi connectivity index (χ4n) is 2.94. The third-order valence-corrected chi connectivity index (χ3v) is 5.73. The van der Waals surface area contributed by atoms with Crippen molar-refractivity contribution in [2.75, 3.05) is 10.6 Å². The van der Waals surface area contributed by atoms with E-state index in [2.05, 4.69) is 10.6 Å². The van der Waals surface area contributed by atoms with E-state index in [4.69, 9.17) is 4.74 Å². The van der Waals surface area contributed by atoms with Crippen LogP contribution in [0.25, 0.3) is 0 Å². The van der Waals surface area contributed by atoms with Crippen molar-refractivity contribution >= 4 is 35.0 Å².